The fourth-order valence-corrected chi connectivity index (χ4v) is 2.48. The fraction of sp³-hybridized carbons (Fsp3) is 0.526. The highest BCUT2D eigenvalue weighted by atomic mass is 127. The van der Waals surface area contributed by atoms with E-state index in [2.05, 4.69) is 25.8 Å². The van der Waals surface area contributed by atoms with Crippen LogP contribution in [0.3, 0.4) is 0 Å². The Morgan fingerprint density at radius 2 is 2.00 bits per heavy atom. The molecular formula is C19H30IN5O3. The maximum absolute atomic E-state index is 10.2. The second-order valence-electron chi connectivity index (χ2n) is 5.98. The van der Waals surface area contributed by atoms with Crippen molar-refractivity contribution in [2.24, 2.45) is 4.99 Å². The molecular weight excluding hydrogens is 473 g/mol. The lowest BCUT2D eigenvalue weighted by Crippen LogP contribution is -2.38. The minimum absolute atomic E-state index is 0. The van der Waals surface area contributed by atoms with E-state index in [0.29, 0.717) is 37.2 Å². The number of aliphatic hydroxyl groups is 1. The molecule has 0 aliphatic heterocycles. The number of nitrogens with zero attached hydrogens (tertiary/aromatic N) is 3. The number of halogens is 1. The Morgan fingerprint density at radius 3 is 2.68 bits per heavy atom. The van der Waals surface area contributed by atoms with E-state index in [-0.39, 0.29) is 36.6 Å². The highest BCUT2D eigenvalue weighted by Crippen LogP contribution is 2.15. The van der Waals surface area contributed by atoms with Crippen LogP contribution in [0.25, 0.3) is 0 Å². The van der Waals surface area contributed by atoms with Crippen molar-refractivity contribution in [2.75, 3.05) is 19.7 Å². The summed E-state index contributed by atoms with van der Waals surface area (Å²) in [6, 6.07) is 9.61. The molecule has 28 heavy (non-hydrogen) atoms. The van der Waals surface area contributed by atoms with Crippen LogP contribution >= 0.6 is 24.0 Å². The third-order valence-electron chi connectivity index (χ3n) is 3.88. The first-order valence-electron chi connectivity index (χ1n) is 9.33. The summed E-state index contributed by atoms with van der Waals surface area (Å²) >= 11 is 0. The predicted molar refractivity (Wildman–Crippen MR) is 119 cm³/mol. The van der Waals surface area contributed by atoms with Crippen LogP contribution in [0.4, 0.5) is 0 Å². The molecule has 9 heteroatoms. The minimum Gasteiger partial charge on any atom is -0.388 e. The summed E-state index contributed by atoms with van der Waals surface area (Å²) in [4.78, 5) is 8.75. The number of rotatable bonds is 10. The Hall–Kier alpha value is -1.72. The van der Waals surface area contributed by atoms with Gasteiger partial charge in [0.25, 0.3) is 0 Å². The van der Waals surface area contributed by atoms with Crippen LogP contribution in [0, 0.1) is 0 Å². The van der Waals surface area contributed by atoms with Gasteiger partial charge in [0.15, 0.2) is 11.8 Å². The molecule has 0 bridgehead atoms. The Labute approximate surface area is 183 Å². The highest BCUT2D eigenvalue weighted by Gasteiger charge is 2.13. The van der Waals surface area contributed by atoms with Gasteiger partial charge in [-0.3, -0.25) is 0 Å². The van der Waals surface area contributed by atoms with E-state index in [1.54, 1.807) is 0 Å². The van der Waals surface area contributed by atoms with Crippen molar-refractivity contribution in [3.8, 4) is 0 Å². The first-order chi connectivity index (χ1) is 13.1. The SMILES string of the molecule is CCNC(=NCc1nc(C(C)OCC)no1)NCCC(O)c1ccccc1.I. The van der Waals surface area contributed by atoms with Crippen LogP contribution in [0.1, 0.15) is 56.7 Å². The van der Waals surface area contributed by atoms with Gasteiger partial charge in [0.2, 0.25) is 5.89 Å². The monoisotopic (exact) mass is 503 g/mol. The van der Waals surface area contributed by atoms with E-state index in [0.717, 1.165) is 12.1 Å². The molecule has 2 unspecified atom stereocenters. The summed E-state index contributed by atoms with van der Waals surface area (Å²) in [7, 11) is 0. The van der Waals surface area contributed by atoms with Crippen LogP contribution in [0.15, 0.2) is 39.8 Å². The fourth-order valence-electron chi connectivity index (χ4n) is 2.48. The first-order valence-corrected chi connectivity index (χ1v) is 9.33. The van der Waals surface area contributed by atoms with Gasteiger partial charge in [-0.1, -0.05) is 35.5 Å². The normalized spacial score (nSPS) is 13.5. The lowest BCUT2D eigenvalue weighted by molar-refractivity contribution is 0.0683. The number of ether oxygens (including phenoxy) is 1. The molecule has 3 N–H and O–H groups in total. The second kappa shape index (κ2) is 13.5. The second-order valence-corrected chi connectivity index (χ2v) is 5.98. The summed E-state index contributed by atoms with van der Waals surface area (Å²) < 4.78 is 10.7. The Balaban J connectivity index is 0.00000392. The van der Waals surface area contributed by atoms with Crippen LogP contribution in [0.5, 0.6) is 0 Å². The van der Waals surface area contributed by atoms with Gasteiger partial charge in [-0.05, 0) is 32.8 Å². The van der Waals surface area contributed by atoms with Crippen molar-refractivity contribution in [1.82, 2.24) is 20.8 Å². The van der Waals surface area contributed by atoms with Crippen molar-refractivity contribution < 1.29 is 14.4 Å². The lowest BCUT2D eigenvalue weighted by Gasteiger charge is -2.14. The third kappa shape index (κ3) is 8.11. The van der Waals surface area contributed by atoms with E-state index in [1.165, 1.54) is 0 Å². The van der Waals surface area contributed by atoms with Gasteiger partial charge in [-0.15, -0.1) is 24.0 Å². The van der Waals surface area contributed by atoms with Crippen molar-refractivity contribution >= 4 is 29.9 Å². The zero-order chi connectivity index (χ0) is 19.5. The van der Waals surface area contributed by atoms with E-state index >= 15 is 0 Å². The topological polar surface area (TPSA) is 105 Å². The van der Waals surface area contributed by atoms with Gasteiger partial charge in [0, 0.05) is 19.7 Å². The Morgan fingerprint density at radius 1 is 1.25 bits per heavy atom. The summed E-state index contributed by atoms with van der Waals surface area (Å²) in [5.74, 6) is 1.58. The first kappa shape index (κ1) is 24.3. The van der Waals surface area contributed by atoms with Gasteiger partial charge in [-0.25, -0.2) is 4.99 Å². The number of benzene rings is 1. The van der Waals surface area contributed by atoms with Crippen LogP contribution < -0.4 is 10.6 Å². The summed E-state index contributed by atoms with van der Waals surface area (Å²) in [5.41, 5.74) is 0.906. The van der Waals surface area contributed by atoms with Crippen LogP contribution in [-0.4, -0.2) is 40.9 Å². The zero-order valence-corrected chi connectivity index (χ0v) is 18.9. The molecule has 0 aliphatic carbocycles. The van der Waals surface area contributed by atoms with Crippen LogP contribution in [-0.2, 0) is 11.3 Å². The number of aliphatic hydroxyl groups excluding tert-OH is 1. The molecule has 0 fully saturated rings. The minimum atomic E-state index is -0.514. The summed E-state index contributed by atoms with van der Waals surface area (Å²) in [6.07, 6.45) is -0.146. The van der Waals surface area contributed by atoms with Gasteiger partial charge in [0.1, 0.15) is 12.6 Å². The third-order valence-corrected chi connectivity index (χ3v) is 3.88. The maximum Gasteiger partial charge on any atom is 0.248 e. The molecule has 0 saturated carbocycles. The number of hydrogen-bond acceptors (Lipinski definition) is 6. The Bertz CT molecular complexity index is 696. The van der Waals surface area contributed by atoms with Crippen molar-refractivity contribution in [2.45, 2.75) is 45.9 Å². The molecule has 2 rings (SSSR count). The van der Waals surface area contributed by atoms with Crippen molar-refractivity contribution in [3.63, 3.8) is 0 Å². The largest absolute Gasteiger partial charge is 0.388 e. The molecule has 1 aromatic heterocycles. The number of nitrogens with one attached hydrogen (secondary N) is 2. The maximum atomic E-state index is 10.2. The molecule has 1 heterocycles. The molecule has 0 radical (unpaired) electrons. The molecule has 1 aromatic carbocycles. The van der Waals surface area contributed by atoms with Gasteiger partial charge >= 0.3 is 0 Å². The lowest BCUT2D eigenvalue weighted by atomic mass is 10.1. The Kier molecular flexibility index (Phi) is 11.7. The van der Waals surface area contributed by atoms with E-state index in [1.807, 2.05) is 51.1 Å². The smallest absolute Gasteiger partial charge is 0.248 e. The van der Waals surface area contributed by atoms with E-state index in [9.17, 15) is 5.11 Å². The number of guanidine groups is 1. The standard InChI is InChI=1S/C19H29N5O3.HI/c1-4-20-19(21-12-11-16(25)15-9-7-6-8-10-15)22-13-17-23-18(24-27-17)14(3)26-5-2;/h6-10,14,16,25H,4-5,11-13H2,1-3H3,(H2,20,21,22);1H. The molecule has 2 atom stereocenters. The average molecular weight is 503 g/mol. The molecule has 0 spiro atoms. The van der Waals surface area contributed by atoms with Crippen molar-refractivity contribution in [1.29, 1.82) is 0 Å². The number of aliphatic imine (C=N–C) groups is 1. The quantitative estimate of drug-likeness (QED) is 0.260. The zero-order valence-electron chi connectivity index (χ0n) is 16.6. The van der Waals surface area contributed by atoms with E-state index < -0.39 is 6.10 Å². The summed E-state index contributed by atoms with van der Waals surface area (Å²) in [6.45, 7) is 7.96. The highest BCUT2D eigenvalue weighted by molar-refractivity contribution is 14.0. The molecule has 0 amide bonds. The summed E-state index contributed by atoms with van der Waals surface area (Å²) in [5, 5.41) is 20.5. The average Bonchev–Trinajstić information content (AvgIpc) is 3.16. The van der Waals surface area contributed by atoms with E-state index in [4.69, 9.17) is 9.26 Å². The molecule has 156 valence electrons. The molecule has 8 nitrogen and oxygen atoms in total. The van der Waals surface area contributed by atoms with Gasteiger partial charge in [-0.2, -0.15) is 4.98 Å². The van der Waals surface area contributed by atoms with Crippen LogP contribution in [0.2, 0.25) is 0 Å². The molecule has 0 saturated heterocycles. The van der Waals surface area contributed by atoms with Gasteiger partial charge in [0.05, 0.1) is 6.10 Å². The predicted octanol–water partition coefficient (Wildman–Crippen LogP) is 2.96. The number of aromatic nitrogens is 2. The number of hydrogen-bond donors (Lipinski definition) is 3. The van der Waals surface area contributed by atoms with Crippen molar-refractivity contribution in [3.05, 3.63) is 47.6 Å². The molecule has 0 aliphatic rings. The molecule has 2 aromatic rings. The van der Waals surface area contributed by atoms with Gasteiger partial charge < -0.3 is 25.0 Å².